The van der Waals surface area contributed by atoms with Gasteiger partial charge in [-0.2, -0.15) is 0 Å². The lowest BCUT2D eigenvalue weighted by atomic mass is 10.0. The maximum absolute atomic E-state index is 12.9. The fourth-order valence-electron chi connectivity index (χ4n) is 3.31. The molecule has 1 saturated heterocycles. The van der Waals surface area contributed by atoms with Crippen LogP contribution in [0.25, 0.3) is 11.3 Å². The summed E-state index contributed by atoms with van der Waals surface area (Å²) in [6, 6.07) is 12.7. The molecule has 1 N–H and O–H groups in total. The lowest BCUT2D eigenvalue weighted by Gasteiger charge is -2.17. The van der Waals surface area contributed by atoms with Crippen LogP contribution in [0.2, 0.25) is 0 Å². The van der Waals surface area contributed by atoms with Crippen LogP contribution in [0.5, 0.6) is 0 Å². The standard InChI is InChI=1S/C21H20N4O3/c26-20(23-13-15-7-3-4-10-22-15)18-19(28-14-24-18)16-8-1-2-9-17(16)21(27)25-11-5-6-12-25/h1-4,7-10,14H,5-6,11-13H2,(H,23,26). The average molecular weight is 376 g/mol. The molecule has 1 aromatic carbocycles. The smallest absolute Gasteiger partial charge is 0.274 e. The van der Waals surface area contributed by atoms with Crippen molar-refractivity contribution < 1.29 is 14.0 Å². The molecule has 7 heteroatoms. The Hall–Kier alpha value is -3.48. The highest BCUT2D eigenvalue weighted by Crippen LogP contribution is 2.28. The van der Waals surface area contributed by atoms with Crippen molar-refractivity contribution in [1.82, 2.24) is 20.2 Å². The predicted molar refractivity (Wildman–Crippen MR) is 102 cm³/mol. The highest BCUT2D eigenvalue weighted by atomic mass is 16.3. The molecule has 0 unspecified atom stereocenters. The van der Waals surface area contributed by atoms with Gasteiger partial charge in [0.2, 0.25) is 0 Å². The van der Waals surface area contributed by atoms with Gasteiger partial charge in [0, 0.05) is 24.8 Å². The van der Waals surface area contributed by atoms with E-state index >= 15 is 0 Å². The van der Waals surface area contributed by atoms with E-state index in [1.54, 1.807) is 18.3 Å². The van der Waals surface area contributed by atoms with Crippen molar-refractivity contribution in [2.45, 2.75) is 19.4 Å². The Bertz CT molecular complexity index is 978. The van der Waals surface area contributed by atoms with E-state index in [1.807, 2.05) is 35.2 Å². The van der Waals surface area contributed by atoms with Gasteiger partial charge < -0.3 is 14.6 Å². The zero-order chi connectivity index (χ0) is 19.3. The molecule has 0 spiro atoms. The fraction of sp³-hybridized carbons (Fsp3) is 0.238. The molecule has 1 aliphatic heterocycles. The highest BCUT2D eigenvalue weighted by Gasteiger charge is 2.26. The van der Waals surface area contributed by atoms with Crippen molar-refractivity contribution in [2.75, 3.05) is 13.1 Å². The molecule has 0 saturated carbocycles. The number of oxazole rings is 1. The third-order valence-corrected chi connectivity index (χ3v) is 4.73. The second-order valence-electron chi connectivity index (χ2n) is 6.58. The first-order valence-corrected chi connectivity index (χ1v) is 9.24. The molecule has 3 heterocycles. The number of pyridine rings is 1. The molecule has 1 fully saturated rings. The number of carbonyl (C=O) groups is 2. The van der Waals surface area contributed by atoms with Gasteiger partial charge in [-0.25, -0.2) is 4.98 Å². The molecule has 4 rings (SSSR count). The Kier molecular flexibility index (Phi) is 5.14. The van der Waals surface area contributed by atoms with E-state index < -0.39 is 0 Å². The first-order chi connectivity index (χ1) is 13.7. The van der Waals surface area contributed by atoms with Crippen molar-refractivity contribution >= 4 is 11.8 Å². The van der Waals surface area contributed by atoms with Gasteiger partial charge in [0.15, 0.2) is 17.8 Å². The lowest BCUT2D eigenvalue weighted by Crippen LogP contribution is -2.28. The van der Waals surface area contributed by atoms with Gasteiger partial charge in [0.05, 0.1) is 17.8 Å². The Morgan fingerprint density at radius 3 is 2.61 bits per heavy atom. The van der Waals surface area contributed by atoms with Crippen molar-refractivity contribution in [1.29, 1.82) is 0 Å². The van der Waals surface area contributed by atoms with Crippen LogP contribution < -0.4 is 5.32 Å². The Balaban J connectivity index is 1.59. The first-order valence-electron chi connectivity index (χ1n) is 9.24. The van der Waals surface area contributed by atoms with Crippen LogP contribution >= 0.6 is 0 Å². The van der Waals surface area contributed by atoms with Crippen LogP contribution in [0.15, 0.2) is 59.5 Å². The van der Waals surface area contributed by atoms with Gasteiger partial charge in [-0.3, -0.25) is 14.6 Å². The number of benzene rings is 1. The Morgan fingerprint density at radius 2 is 1.82 bits per heavy atom. The summed E-state index contributed by atoms with van der Waals surface area (Å²) in [6.07, 6.45) is 4.92. The van der Waals surface area contributed by atoms with Gasteiger partial charge >= 0.3 is 0 Å². The topological polar surface area (TPSA) is 88.3 Å². The second-order valence-corrected chi connectivity index (χ2v) is 6.58. The molecule has 3 aromatic rings. The van der Waals surface area contributed by atoms with Crippen molar-refractivity contribution in [3.8, 4) is 11.3 Å². The molecular formula is C21H20N4O3. The molecule has 142 valence electrons. The number of carbonyl (C=O) groups excluding carboxylic acids is 2. The maximum Gasteiger partial charge on any atom is 0.274 e. The van der Waals surface area contributed by atoms with Crippen LogP contribution in [0.1, 0.15) is 39.4 Å². The number of nitrogens with zero attached hydrogens (tertiary/aromatic N) is 3. The number of hydrogen-bond acceptors (Lipinski definition) is 5. The lowest BCUT2D eigenvalue weighted by molar-refractivity contribution is 0.0792. The molecule has 0 radical (unpaired) electrons. The number of likely N-dealkylation sites (tertiary alicyclic amines) is 1. The van der Waals surface area contributed by atoms with Gasteiger partial charge in [-0.15, -0.1) is 0 Å². The van der Waals surface area contributed by atoms with E-state index in [0.717, 1.165) is 31.6 Å². The average Bonchev–Trinajstić information content (AvgIpc) is 3.44. The van der Waals surface area contributed by atoms with E-state index in [4.69, 9.17) is 4.42 Å². The maximum atomic E-state index is 12.9. The summed E-state index contributed by atoms with van der Waals surface area (Å²) in [6.45, 7) is 1.78. The van der Waals surface area contributed by atoms with E-state index in [9.17, 15) is 9.59 Å². The largest absolute Gasteiger partial charge is 0.443 e. The fourth-order valence-corrected chi connectivity index (χ4v) is 3.31. The molecule has 7 nitrogen and oxygen atoms in total. The molecule has 1 aliphatic rings. The molecule has 2 amide bonds. The zero-order valence-electron chi connectivity index (χ0n) is 15.3. The zero-order valence-corrected chi connectivity index (χ0v) is 15.3. The molecular weight excluding hydrogens is 356 g/mol. The highest BCUT2D eigenvalue weighted by molar-refractivity contribution is 6.04. The Morgan fingerprint density at radius 1 is 1.04 bits per heavy atom. The number of amides is 2. The minimum absolute atomic E-state index is 0.0515. The van der Waals surface area contributed by atoms with Crippen molar-refractivity contribution in [3.05, 3.63) is 72.0 Å². The number of hydrogen-bond donors (Lipinski definition) is 1. The summed E-state index contributed by atoms with van der Waals surface area (Å²) in [5.41, 5.74) is 1.97. The second kappa shape index (κ2) is 8.04. The monoisotopic (exact) mass is 376 g/mol. The van der Waals surface area contributed by atoms with E-state index in [-0.39, 0.29) is 24.1 Å². The van der Waals surface area contributed by atoms with Crippen LogP contribution in [0.4, 0.5) is 0 Å². The van der Waals surface area contributed by atoms with Crippen LogP contribution in [0, 0.1) is 0 Å². The van der Waals surface area contributed by atoms with E-state index in [1.165, 1.54) is 6.39 Å². The van der Waals surface area contributed by atoms with Gasteiger partial charge in [-0.05, 0) is 31.0 Å². The predicted octanol–water partition coefficient (Wildman–Crippen LogP) is 2.90. The van der Waals surface area contributed by atoms with Gasteiger partial charge in [-0.1, -0.05) is 24.3 Å². The number of nitrogens with one attached hydrogen (secondary N) is 1. The van der Waals surface area contributed by atoms with Crippen LogP contribution in [-0.2, 0) is 6.54 Å². The third kappa shape index (κ3) is 3.64. The quantitative estimate of drug-likeness (QED) is 0.740. The van der Waals surface area contributed by atoms with E-state index in [0.29, 0.717) is 16.9 Å². The van der Waals surface area contributed by atoms with Crippen molar-refractivity contribution in [3.63, 3.8) is 0 Å². The summed E-state index contributed by atoms with van der Waals surface area (Å²) in [5, 5.41) is 2.80. The Labute approximate surface area is 162 Å². The molecule has 0 aliphatic carbocycles. The first kappa shape index (κ1) is 17.9. The summed E-state index contributed by atoms with van der Waals surface area (Å²) >= 11 is 0. The minimum Gasteiger partial charge on any atom is -0.443 e. The summed E-state index contributed by atoms with van der Waals surface area (Å²) < 4.78 is 5.52. The van der Waals surface area contributed by atoms with Crippen LogP contribution in [-0.4, -0.2) is 39.8 Å². The van der Waals surface area contributed by atoms with Gasteiger partial charge in [0.1, 0.15) is 0 Å². The molecule has 0 bridgehead atoms. The minimum atomic E-state index is -0.377. The summed E-state index contributed by atoms with van der Waals surface area (Å²) in [4.78, 5) is 35.7. The van der Waals surface area contributed by atoms with Gasteiger partial charge in [0.25, 0.3) is 11.8 Å². The number of rotatable bonds is 5. The molecule has 0 atom stereocenters. The van der Waals surface area contributed by atoms with Crippen molar-refractivity contribution in [2.24, 2.45) is 0 Å². The molecule has 28 heavy (non-hydrogen) atoms. The molecule has 2 aromatic heterocycles. The van der Waals surface area contributed by atoms with E-state index in [2.05, 4.69) is 15.3 Å². The SMILES string of the molecule is O=C(NCc1ccccn1)c1ncoc1-c1ccccc1C(=O)N1CCCC1. The summed E-state index contributed by atoms with van der Waals surface area (Å²) in [5.74, 6) is -0.135. The summed E-state index contributed by atoms with van der Waals surface area (Å²) in [7, 11) is 0. The number of aromatic nitrogens is 2. The van der Waals surface area contributed by atoms with Crippen LogP contribution in [0.3, 0.4) is 0 Å². The third-order valence-electron chi connectivity index (χ3n) is 4.73. The normalized spacial score (nSPS) is 13.5.